The molecule has 0 aliphatic heterocycles. The number of carbonyl (C=O) groups is 4. The van der Waals surface area contributed by atoms with Crippen LogP contribution in [0, 0.1) is 17.8 Å². The van der Waals surface area contributed by atoms with E-state index in [9.17, 15) is 43.2 Å². The normalized spacial score (nSPS) is 13.9. The van der Waals surface area contributed by atoms with E-state index < -0.39 is 97.5 Å². The number of hydrogen-bond acceptors (Lipinski definition) is 15. The Balaban J connectivity index is 5.22. The van der Waals surface area contributed by atoms with E-state index in [1.807, 2.05) is 0 Å². The fourth-order valence-corrected chi connectivity index (χ4v) is 14.6. The number of aliphatic hydroxyl groups excluding tert-OH is 1. The summed E-state index contributed by atoms with van der Waals surface area (Å²) in [7, 11) is -9.92. The lowest BCUT2D eigenvalue weighted by molar-refractivity contribution is -0.161. The zero-order valence-electron chi connectivity index (χ0n) is 67.8. The minimum Gasteiger partial charge on any atom is -0.462 e. The second-order valence-electron chi connectivity index (χ2n) is 31.6. The average Bonchev–Trinajstić information content (AvgIpc) is 0.908. The smallest absolute Gasteiger partial charge is 0.462 e. The Hall–Kier alpha value is -1.94. The van der Waals surface area contributed by atoms with Crippen LogP contribution >= 0.6 is 15.6 Å². The number of ether oxygens (including phenoxy) is 4. The van der Waals surface area contributed by atoms with E-state index in [2.05, 4.69) is 48.5 Å². The zero-order valence-corrected chi connectivity index (χ0v) is 69.6. The lowest BCUT2D eigenvalue weighted by atomic mass is 10.0. The molecule has 5 atom stereocenters. The number of phosphoric acid groups is 2. The van der Waals surface area contributed by atoms with E-state index in [4.69, 9.17) is 37.0 Å². The van der Waals surface area contributed by atoms with Crippen LogP contribution < -0.4 is 0 Å². The van der Waals surface area contributed by atoms with E-state index in [-0.39, 0.29) is 25.7 Å². The number of phosphoric ester groups is 2. The lowest BCUT2D eigenvalue weighted by Gasteiger charge is -2.21. The summed E-state index contributed by atoms with van der Waals surface area (Å²) in [4.78, 5) is 73.1. The molecule has 0 aromatic rings. The van der Waals surface area contributed by atoms with E-state index in [0.717, 1.165) is 108 Å². The minimum atomic E-state index is -4.96. The van der Waals surface area contributed by atoms with Crippen molar-refractivity contribution in [1.82, 2.24) is 0 Å². The van der Waals surface area contributed by atoms with Crippen LogP contribution in [-0.4, -0.2) is 96.7 Å². The van der Waals surface area contributed by atoms with Gasteiger partial charge >= 0.3 is 39.5 Å². The molecule has 0 saturated carbocycles. The zero-order chi connectivity index (χ0) is 75.8. The van der Waals surface area contributed by atoms with Crippen LogP contribution in [-0.2, 0) is 65.4 Å². The van der Waals surface area contributed by atoms with Crippen LogP contribution in [0.4, 0.5) is 0 Å². The largest absolute Gasteiger partial charge is 0.472 e. The minimum absolute atomic E-state index is 0.108. The third kappa shape index (κ3) is 78.0. The van der Waals surface area contributed by atoms with Crippen molar-refractivity contribution in [2.24, 2.45) is 17.8 Å². The summed E-state index contributed by atoms with van der Waals surface area (Å²) < 4.78 is 68.8. The first-order chi connectivity index (χ1) is 49.7. The molecule has 17 nitrogen and oxygen atoms in total. The Labute approximate surface area is 632 Å². The molecule has 612 valence electrons. The highest BCUT2D eigenvalue weighted by Crippen LogP contribution is 2.45. The molecule has 0 aromatic heterocycles. The number of aliphatic hydroxyl groups is 1. The first-order valence-corrected chi connectivity index (χ1v) is 46.3. The third-order valence-corrected chi connectivity index (χ3v) is 21.5. The van der Waals surface area contributed by atoms with Gasteiger partial charge in [-0.3, -0.25) is 37.3 Å². The van der Waals surface area contributed by atoms with Crippen molar-refractivity contribution < 1.29 is 80.2 Å². The van der Waals surface area contributed by atoms with E-state index in [1.165, 1.54) is 250 Å². The second-order valence-corrected chi connectivity index (χ2v) is 34.6. The maximum absolute atomic E-state index is 13.1. The molecule has 2 unspecified atom stereocenters. The average molecular weight is 1510 g/mol. The lowest BCUT2D eigenvalue weighted by Crippen LogP contribution is -2.30. The van der Waals surface area contributed by atoms with Crippen LogP contribution in [0.25, 0.3) is 0 Å². The van der Waals surface area contributed by atoms with Gasteiger partial charge in [-0.2, -0.15) is 0 Å². The van der Waals surface area contributed by atoms with Gasteiger partial charge in [0.25, 0.3) is 0 Å². The molecule has 0 aliphatic rings. The Bertz CT molecular complexity index is 1990. The van der Waals surface area contributed by atoms with Crippen LogP contribution in [0.15, 0.2) is 0 Å². The summed E-state index contributed by atoms with van der Waals surface area (Å²) in [6, 6.07) is 0. The monoisotopic (exact) mass is 1510 g/mol. The van der Waals surface area contributed by atoms with Crippen LogP contribution in [0.3, 0.4) is 0 Å². The van der Waals surface area contributed by atoms with E-state index >= 15 is 0 Å². The first kappa shape index (κ1) is 101. The molecule has 0 bridgehead atoms. The van der Waals surface area contributed by atoms with Gasteiger partial charge in [0.1, 0.15) is 19.3 Å². The second kappa shape index (κ2) is 74.2. The molecular formula is C84H164O17P2. The fourth-order valence-electron chi connectivity index (χ4n) is 13.0. The standard InChI is InChI=1S/C84H164O17P2/c1-8-9-10-11-12-34-44-51-58-65-81(86)94-71-79(100-83(88)68-61-54-47-40-33-27-21-20-24-30-37-43-50-57-64-77(6)7)73-98-102(90,91)96-69-78(85)70-97-103(92,93)99-74-80(72-95-82(87)66-59-52-45-38-31-25-19-15-17-23-29-36-42-49-56-63-76(4)5)101-84(89)67-60-53-46-39-32-26-18-14-13-16-22-28-35-41-48-55-62-75(2)3/h75-80,85H,8-74H2,1-7H3,(H,90,91)(H,92,93)/t78-,79+,80+/m0/s1. The van der Waals surface area contributed by atoms with Crippen LogP contribution in [0.5, 0.6) is 0 Å². The molecule has 0 spiro atoms. The van der Waals surface area contributed by atoms with Crippen LogP contribution in [0.1, 0.15) is 440 Å². The van der Waals surface area contributed by atoms with Gasteiger partial charge in [-0.05, 0) is 43.4 Å². The highest BCUT2D eigenvalue weighted by atomic mass is 31.2. The van der Waals surface area contributed by atoms with E-state index in [1.54, 1.807) is 0 Å². The van der Waals surface area contributed by atoms with Crippen molar-refractivity contribution in [3.63, 3.8) is 0 Å². The molecule has 103 heavy (non-hydrogen) atoms. The fraction of sp³-hybridized carbons (Fsp3) is 0.952. The van der Waals surface area contributed by atoms with Crippen molar-refractivity contribution in [1.29, 1.82) is 0 Å². The summed E-state index contributed by atoms with van der Waals surface area (Å²) in [5.74, 6) is 0.304. The van der Waals surface area contributed by atoms with Crippen molar-refractivity contribution in [3.8, 4) is 0 Å². The molecule has 0 fully saturated rings. The maximum atomic E-state index is 13.1. The number of rotatable bonds is 82. The van der Waals surface area contributed by atoms with Gasteiger partial charge in [-0.1, -0.05) is 389 Å². The first-order valence-electron chi connectivity index (χ1n) is 43.3. The van der Waals surface area contributed by atoms with Crippen molar-refractivity contribution >= 4 is 39.5 Å². The molecule has 0 rings (SSSR count). The van der Waals surface area contributed by atoms with Gasteiger partial charge in [0, 0.05) is 25.7 Å². The molecule has 0 aromatic carbocycles. The predicted molar refractivity (Wildman–Crippen MR) is 423 cm³/mol. The molecule has 0 heterocycles. The number of unbranched alkanes of at least 4 members (excludes halogenated alkanes) is 50. The molecule has 0 amide bonds. The number of esters is 4. The summed E-state index contributed by atoms with van der Waals surface area (Å²) >= 11 is 0. The van der Waals surface area contributed by atoms with Gasteiger partial charge < -0.3 is 33.8 Å². The summed E-state index contributed by atoms with van der Waals surface area (Å²) in [5.41, 5.74) is 0. The van der Waals surface area contributed by atoms with Gasteiger partial charge in [-0.15, -0.1) is 0 Å². The Kier molecular flexibility index (Phi) is 72.8. The SMILES string of the molecule is CCCCCCCCCCCC(=O)OC[C@H](COP(=O)(O)OC[C@H](O)COP(=O)(O)OC[C@@H](COC(=O)CCCCCCCCCCCCCCCCCC(C)C)OC(=O)CCCCCCCCCCCCCCCCCCC(C)C)OC(=O)CCCCCCCCCCCCCCCCC(C)C. The van der Waals surface area contributed by atoms with Gasteiger partial charge in [0.2, 0.25) is 0 Å². The number of hydrogen-bond donors (Lipinski definition) is 3. The molecule has 0 saturated heterocycles. The van der Waals surface area contributed by atoms with Crippen LogP contribution in [0.2, 0.25) is 0 Å². The Morgan fingerprint density at radius 1 is 0.262 bits per heavy atom. The quantitative estimate of drug-likeness (QED) is 0.0222. The molecule has 0 aliphatic carbocycles. The van der Waals surface area contributed by atoms with Gasteiger partial charge in [0.15, 0.2) is 12.2 Å². The van der Waals surface area contributed by atoms with Crippen molar-refractivity contribution in [2.75, 3.05) is 39.6 Å². The third-order valence-electron chi connectivity index (χ3n) is 19.6. The topological polar surface area (TPSA) is 237 Å². The molecular weight excluding hydrogens is 1340 g/mol. The van der Waals surface area contributed by atoms with E-state index in [0.29, 0.717) is 25.7 Å². The Morgan fingerprint density at radius 3 is 0.660 bits per heavy atom. The van der Waals surface area contributed by atoms with Crippen molar-refractivity contribution in [2.45, 2.75) is 458 Å². The number of carbonyl (C=O) groups excluding carboxylic acids is 4. The maximum Gasteiger partial charge on any atom is 0.472 e. The highest BCUT2D eigenvalue weighted by molar-refractivity contribution is 7.47. The Morgan fingerprint density at radius 2 is 0.447 bits per heavy atom. The molecule has 3 N–H and O–H groups in total. The molecule has 0 radical (unpaired) electrons. The highest BCUT2D eigenvalue weighted by Gasteiger charge is 2.30. The van der Waals surface area contributed by atoms with Crippen molar-refractivity contribution in [3.05, 3.63) is 0 Å². The van der Waals surface area contributed by atoms with Gasteiger partial charge in [-0.25, -0.2) is 9.13 Å². The molecule has 19 heteroatoms. The summed E-state index contributed by atoms with van der Waals surface area (Å²) in [5, 5.41) is 10.7. The summed E-state index contributed by atoms with van der Waals surface area (Å²) in [6.45, 7) is 12.0. The van der Waals surface area contributed by atoms with Gasteiger partial charge in [0.05, 0.1) is 26.4 Å². The summed E-state index contributed by atoms with van der Waals surface area (Å²) in [6.07, 6.45) is 63.8. The predicted octanol–water partition coefficient (Wildman–Crippen LogP) is 25.3.